The van der Waals surface area contributed by atoms with Gasteiger partial charge in [-0.05, 0) is 38.0 Å². The van der Waals surface area contributed by atoms with Crippen molar-refractivity contribution in [2.45, 2.75) is 25.8 Å². The Bertz CT molecular complexity index is 1500. The molecule has 0 aliphatic carbocycles. The number of rotatable bonds is 3. The molecule has 6 rings (SSSR count). The van der Waals surface area contributed by atoms with E-state index in [4.69, 9.17) is 4.98 Å². The molecule has 4 aromatic heterocycles. The zero-order valence-electron chi connectivity index (χ0n) is 18.5. The Labute approximate surface area is 190 Å². The third-order valence-electron chi connectivity index (χ3n) is 6.42. The van der Waals surface area contributed by atoms with Crippen molar-refractivity contribution in [1.82, 2.24) is 34.3 Å². The third kappa shape index (κ3) is 3.09. The first-order valence-corrected chi connectivity index (χ1v) is 11.1. The highest BCUT2D eigenvalue weighted by Gasteiger charge is 2.35. The second-order valence-electron chi connectivity index (χ2n) is 8.47. The van der Waals surface area contributed by atoms with Crippen molar-refractivity contribution in [3.63, 3.8) is 0 Å². The van der Waals surface area contributed by atoms with Crippen molar-refractivity contribution in [3.8, 4) is 11.3 Å². The fourth-order valence-electron chi connectivity index (χ4n) is 4.89. The van der Waals surface area contributed by atoms with Crippen LogP contribution in [0.5, 0.6) is 0 Å². The molecule has 1 aliphatic heterocycles. The summed E-state index contributed by atoms with van der Waals surface area (Å²) in [5.74, 6) is 0.777. The van der Waals surface area contributed by atoms with E-state index >= 15 is 0 Å². The van der Waals surface area contributed by atoms with E-state index in [0.717, 1.165) is 46.7 Å². The lowest BCUT2D eigenvalue weighted by molar-refractivity contribution is 0.0731. The van der Waals surface area contributed by atoms with Crippen LogP contribution in [-0.2, 0) is 7.05 Å². The number of aryl methyl sites for hydroxylation is 2. The van der Waals surface area contributed by atoms with Crippen LogP contribution in [0.4, 0.5) is 0 Å². The Morgan fingerprint density at radius 2 is 1.88 bits per heavy atom. The van der Waals surface area contributed by atoms with Crippen molar-refractivity contribution in [2.24, 2.45) is 7.05 Å². The van der Waals surface area contributed by atoms with Gasteiger partial charge in [-0.25, -0.2) is 4.98 Å². The van der Waals surface area contributed by atoms with Crippen molar-refractivity contribution in [3.05, 3.63) is 77.9 Å². The first-order valence-electron chi connectivity index (χ1n) is 11.1. The van der Waals surface area contributed by atoms with Crippen molar-refractivity contribution in [2.75, 3.05) is 6.54 Å². The molecule has 8 nitrogen and oxygen atoms in total. The zero-order chi connectivity index (χ0) is 22.5. The van der Waals surface area contributed by atoms with Crippen LogP contribution in [-0.4, -0.2) is 46.7 Å². The highest BCUT2D eigenvalue weighted by Crippen LogP contribution is 2.35. The normalized spacial score (nSPS) is 16.2. The molecule has 8 heteroatoms. The number of aromatic nitrogens is 6. The largest absolute Gasteiger partial charge is 0.328 e. The summed E-state index contributed by atoms with van der Waals surface area (Å²) in [6.45, 7) is 2.60. The van der Waals surface area contributed by atoms with Gasteiger partial charge in [-0.3, -0.25) is 13.9 Å². The molecule has 1 aromatic carbocycles. The number of carbonyl (C=O) groups is 1. The summed E-state index contributed by atoms with van der Waals surface area (Å²) in [7, 11) is 1.87. The van der Waals surface area contributed by atoms with E-state index in [2.05, 4.69) is 15.3 Å². The smallest absolute Gasteiger partial charge is 0.255 e. The molecule has 1 aliphatic rings. The summed E-state index contributed by atoms with van der Waals surface area (Å²) in [5, 5.41) is 14.1. The van der Waals surface area contributed by atoms with Crippen LogP contribution in [0.3, 0.4) is 0 Å². The fraction of sp³-hybridized carbons (Fsp3) is 0.240. The number of pyridine rings is 2. The number of benzene rings is 1. The molecule has 0 N–H and O–H groups in total. The van der Waals surface area contributed by atoms with Gasteiger partial charge in [0.05, 0.1) is 28.4 Å². The summed E-state index contributed by atoms with van der Waals surface area (Å²) >= 11 is 0. The predicted octanol–water partition coefficient (Wildman–Crippen LogP) is 3.96. The maximum absolute atomic E-state index is 14.1. The molecule has 164 valence electrons. The number of carbonyl (C=O) groups excluding carboxylic acids is 1. The minimum atomic E-state index is -0.129. The molecule has 1 fully saturated rings. The third-order valence-corrected chi connectivity index (χ3v) is 6.42. The zero-order valence-corrected chi connectivity index (χ0v) is 18.5. The summed E-state index contributed by atoms with van der Waals surface area (Å²) in [4.78, 5) is 20.8. The minimum absolute atomic E-state index is 0.0223. The molecule has 0 radical (unpaired) electrons. The van der Waals surface area contributed by atoms with Gasteiger partial charge in [0.25, 0.3) is 5.91 Å². The monoisotopic (exact) mass is 437 g/mol. The number of amides is 1. The Hall–Kier alpha value is -4.07. The first-order chi connectivity index (χ1) is 16.1. The molecule has 1 amide bonds. The molecule has 33 heavy (non-hydrogen) atoms. The predicted molar refractivity (Wildman–Crippen MR) is 125 cm³/mol. The van der Waals surface area contributed by atoms with Gasteiger partial charge >= 0.3 is 0 Å². The first kappa shape index (κ1) is 19.6. The van der Waals surface area contributed by atoms with Crippen LogP contribution in [0.1, 0.15) is 40.8 Å². The van der Waals surface area contributed by atoms with Crippen molar-refractivity contribution >= 4 is 22.6 Å². The average Bonchev–Trinajstić information content (AvgIpc) is 3.56. The maximum atomic E-state index is 14.1. The maximum Gasteiger partial charge on any atom is 0.255 e. The number of hydrogen-bond donors (Lipinski definition) is 0. The molecule has 0 bridgehead atoms. The van der Waals surface area contributed by atoms with Crippen LogP contribution >= 0.6 is 0 Å². The van der Waals surface area contributed by atoms with Crippen LogP contribution < -0.4 is 0 Å². The van der Waals surface area contributed by atoms with Gasteiger partial charge in [0, 0.05) is 25.4 Å². The Morgan fingerprint density at radius 3 is 2.73 bits per heavy atom. The second-order valence-corrected chi connectivity index (χ2v) is 8.47. The van der Waals surface area contributed by atoms with Gasteiger partial charge in [0.2, 0.25) is 0 Å². The van der Waals surface area contributed by atoms with Gasteiger partial charge in [-0.2, -0.15) is 5.10 Å². The summed E-state index contributed by atoms with van der Waals surface area (Å²) < 4.78 is 3.73. The molecule has 5 heterocycles. The van der Waals surface area contributed by atoms with Crippen LogP contribution in [0.2, 0.25) is 0 Å². The molecule has 5 aromatic rings. The molecular formula is C25H23N7O. The van der Waals surface area contributed by atoms with Gasteiger partial charge in [0.15, 0.2) is 17.1 Å². The lowest BCUT2D eigenvalue weighted by Crippen LogP contribution is -2.32. The number of nitrogens with zero attached hydrogens (tertiary/aromatic N) is 7. The molecule has 0 spiro atoms. The summed E-state index contributed by atoms with van der Waals surface area (Å²) in [6.07, 6.45) is 3.73. The van der Waals surface area contributed by atoms with E-state index in [9.17, 15) is 4.79 Å². The van der Waals surface area contributed by atoms with E-state index in [-0.39, 0.29) is 11.9 Å². The van der Waals surface area contributed by atoms with E-state index in [1.165, 1.54) is 0 Å². The Balaban J connectivity index is 1.49. The molecule has 0 saturated carbocycles. The highest BCUT2D eigenvalue weighted by atomic mass is 16.2. The van der Waals surface area contributed by atoms with E-state index in [1.807, 2.05) is 84.1 Å². The quantitative estimate of drug-likeness (QED) is 0.427. The van der Waals surface area contributed by atoms with Gasteiger partial charge in [-0.1, -0.05) is 36.4 Å². The van der Waals surface area contributed by atoms with Gasteiger partial charge in [-0.15, -0.1) is 10.2 Å². The van der Waals surface area contributed by atoms with Crippen molar-refractivity contribution < 1.29 is 4.79 Å². The Morgan fingerprint density at radius 1 is 1.06 bits per heavy atom. The minimum Gasteiger partial charge on any atom is -0.328 e. The lowest BCUT2D eigenvalue weighted by atomic mass is 10.0. The second kappa shape index (κ2) is 7.51. The summed E-state index contributed by atoms with van der Waals surface area (Å²) in [5.41, 5.74) is 4.65. The average molecular weight is 438 g/mol. The number of likely N-dealkylation sites (tertiary alicyclic amines) is 1. The van der Waals surface area contributed by atoms with Crippen LogP contribution in [0, 0.1) is 6.92 Å². The van der Waals surface area contributed by atoms with Gasteiger partial charge in [0.1, 0.15) is 0 Å². The molecule has 1 atom stereocenters. The highest BCUT2D eigenvalue weighted by molar-refractivity contribution is 6.07. The van der Waals surface area contributed by atoms with Crippen LogP contribution in [0.25, 0.3) is 27.9 Å². The molecule has 1 unspecified atom stereocenters. The lowest BCUT2D eigenvalue weighted by Gasteiger charge is -2.24. The van der Waals surface area contributed by atoms with E-state index in [0.29, 0.717) is 17.8 Å². The number of hydrogen-bond acceptors (Lipinski definition) is 5. The van der Waals surface area contributed by atoms with E-state index in [1.54, 1.807) is 4.68 Å². The number of fused-ring (bicyclic) bond motifs is 2. The van der Waals surface area contributed by atoms with Crippen molar-refractivity contribution in [1.29, 1.82) is 0 Å². The Kier molecular flexibility index (Phi) is 4.46. The standard InChI is InChI=1S/C25H23N7O/c1-16-22-18(15-19(17-9-4-3-5-10-17)26-24(22)30(2)29-16)25(33)31-14-8-11-20(31)23-28-27-21-12-6-7-13-32(21)23/h3-7,9-10,12-13,15,20H,8,11,14H2,1-2H3. The topological polar surface area (TPSA) is 81.2 Å². The fourth-order valence-corrected chi connectivity index (χ4v) is 4.89. The molecular weight excluding hydrogens is 414 g/mol. The summed E-state index contributed by atoms with van der Waals surface area (Å²) in [6, 6.07) is 17.5. The SMILES string of the molecule is Cc1nn(C)c2nc(-c3ccccc3)cc(C(=O)N3CCCC3c3nnc4ccccn34)c12. The van der Waals surface area contributed by atoms with Gasteiger partial charge < -0.3 is 4.90 Å². The molecule has 1 saturated heterocycles. The van der Waals surface area contributed by atoms with E-state index < -0.39 is 0 Å². The van der Waals surface area contributed by atoms with Crippen LogP contribution in [0.15, 0.2) is 60.8 Å².